The molecule has 1 aliphatic heterocycles. The van der Waals surface area contributed by atoms with E-state index in [1.54, 1.807) is 28.3 Å². The lowest BCUT2D eigenvalue weighted by Gasteiger charge is -2.31. The minimum atomic E-state index is -0.555. The molecule has 0 saturated heterocycles. The number of rotatable bonds is 8. The van der Waals surface area contributed by atoms with Crippen LogP contribution in [0, 0.1) is 0 Å². The third-order valence-corrected chi connectivity index (χ3v) is 6.99. The number of anilines is 2. The SMILES string of the molecule is CCCCCCSc1n[n+]2c(c(=O)[nH]1)-c1ccccc1N(C(C)=O)[C@H]2c1ccc(N(C)C)cc1. The van der Waals surface area contributed by atoms with Crippen LogP contribution in [0.5, 0.6) is 0 Å². The maximum Gasteiger partial charge on any atom is 0.325 e. The van der Waals surface area contributed by atoms with Gasteiger partial charge in [0.25, 0.3) is 6.17 Å². The standard InChI is InChI=1S/C26H31N5O2S/c1-5-6-7-10-17-34-26-27-24(33)23-21-11-8-9-12-22(21)30(18(2)32)25(31(23)28-26)19-13-15-20(16-14-19)29(3)4/h8-9,11-16,25H,5-7,10,17H2,1-4H3/p+1/t25-/m1/s1. The number of carbonyl (C=O) groups excluding carboxylic acids is 1. The second kappa shape index (κ2) is 10.4. The monoisotopic (exact) mass is 478 g/mol. The van der Waals surface area contributed by atoms with Gasteiger partial charge in [-0.3, -0.25) is 14.6 Å². The Morgan fingerprint density at radius 2 is 1.85 bits per heavy atom. The number of fused-ring (bicyclic) bond motifs is 3. The molecule has 8 heteroatoms. The van der Waals surface area contributed by atoms with Gasteiger partial charge < -0.3 is 4.90 Å². The van der Waals surface area contributed by atoms with E-state index >= 15 is 0 Å². The second-order valence-corrected chi connectivity index (χ2v) is 9.81. The molecular formula is C26H32N5O2S+. The third-order valence-electron chi connectivity index (χ3n) is 6.04. The van der Waals surface area contributed by atoms with Gasteiger partial charge in [0.1, 0.15) is 0 Å². The maximum absolute atomic E-state index is 13.3. The number of benzene rings is 2. The Kier molecular flexibility index (Phi) is 7.36. The lowest BCUT2D eigenvalue weighted by Crippen LogP contribution is -2.60. The van der Waals surface area contributed by atoms with Gasteiger partial charge in [0.05, 0.1) is 11.3 Å². The Morgan fingerprint density at radius 3 is 2.53 bits per heavy atom. The molecule has 4 rings (SSSR count). The topological polar surface area (TPSA) is 73.2 Å². The minimum absolute atomic E-state index is 0.108. The van der Waals surface area contributed by atoms with Crippen molar-refractivity contribution in [3.63, 3.8) is 0 Å². The summed E-state index contributed by atoms with van der Waals surface area (Å²) in [7, 11) is 3.98. The quantitative estimate of drug-likeness (QED) is 0.296. The summed E-state index contributed by atoms with van der Waals surface area (Å²) < 4.78 is 1.72. The van der Waals surface area contributed by atoms with Crippen LogP contribution < -0.4 is 20.0 Å². The molecule has 1 N–H and O–H groups in total. The highest BCUT2D eigenvalue weighted by Crippen LogP contribution is 2.37. The summed E-state index contributed by atoms with van der Waals surface area (Å²) in [5, 5.41) is 5.43. The molecule has 1 atom stereocenters. The molecule has 34 heavy (non-hydrogen) atoms. The number of carbonyl (C=O) groups is 1. The number of thioether (sulfide) groups is 1. The van der Waals surface area contributed by atoms with Gasteiger partial charge in [-0.15, -0.1) is 0 Å². The zero-order valence-electron chi connectivity index (χ0n) is 20.2. The average molecular weight is 479 g/mol. The van der Waals surface area contributed by atoms with Crippen LogP contribution in [0.3, 0.4) is 0 Å². The molecule has 0 fully saturated rings. The van der Waals surface area contributed by atoms with Crippen molar-refractivity contribution < 1.29 is 9.48 Å². The normalized spacial score (nSPS) is 14.5. The molecule has 1 aromatic heterocycles. The second-order valence-electron chi connectivity index (χ2n) is 8.73. The predicted molar refractivity (Wildman–Crippen MR) is 137 cm³/mol. The number of hydrogen-bond acceptors (Lipinski definition) is 5. The van der Waals surface area contributed by atoms with E-state index in [4.69, 9.17) is 5.10 Å². The van der Waals surface area contributed by atoms with E-state index in [1.807, 2.05) is 67.5 Å². The van der Waals surface area contributed by atoms with Crippen molar-refractivity contribution in [2.75, 3.05) is 29.6 Å². The number of aromatic nitrogens is 3. The molecular weight excluding hydrogens is 446 g/mol. The highest BCUT2D eigenvalue weighted by molar-refractivity contribution is 7.99. The number of para-hydroxylation sites is 1. The van der Waals surface area contributed by atoms with Gasteiger partial charge in [0.15, 0.2) is 0 Å². The summed E-state index contributed by atoms with van der Waals surface area (Å²) >= 11 is 1.55. The predicted octanol–water partition coefficient (Wildman–Crippen LogP) is 4.38. The van der Waals surface area contributed by atoms with Crippen molar-refractivity contribution in [1.29, 1.82) is 0 Å². The number of nitrogens with one attached hydrogen (secondary N) is 1. The summed E-state index contributed by atoms with van der Waals surface area (Å²) in [6.45, 7) is 3.75. The smallest absolute Gasteiger partial charge is 0.325 e. The van der Waals surface area contributed by atoms with Crippen molar-refractivity contribution in [3.8, 4) is 11.3 Å². The first-order chi connectivity index (χ1) is 16.4. The Hall–Kier alpha value is -3.13. The van der Waals surface area contributed by atoms with Crippen LogP contribution in [-0.2, 0) is 4.79 Å². The van der Waals surface area contributed by atoms with Gasteiger partial charge in [-0.25, -0.2) is 4.90 Å². The van der Waals surface area contributed by atoms with Gasteiger partial charge in [-0.2, -0.15) is 0 Å². The Balaban J connectivity index is 1.83. The Labute approximate surface area is 204 Å². The molecule has 1 aliphatic rings. The Morgan fingerprint density at radius 1 is 1.12 bits per heavy atom. The third kappa shape index (κ3) is 4.73. The molecule has 0 saturated carbocycles. The van der Waals surface area contributed by atoms with Crippen LogP contribution in [0.1, 0.15) is 51.3 Å². The van der Waals surface area contributed by atoms with Crippen LogP contribution >= 0.6 is 11.8 Å². The minimum Gasteiger partial charge on any atom is -0.378 e. The van der Waals surface area contributed by atoms with E-state index < -0.39 is 6.17 Å². The van der Waals surface area contributed by atoms with E-state index in [9.17, 15) is 9.59 Å². The molecule has 0 spiro atoms. The van der Waals surface area contributed by atoms with Crippen molar-refractivity contribution in [2.24, 2.45) is 0 Å². The Bertz CT molecular complexity index is 1220. The molecule has 7 nitrogen and oxygen atoms in total. The summed E-state index contributed by atoms with van der Waals surface area (Å²) in [6.07, 6.45) is 4.07. The average Bonchev–Trinajstić information content (AvgIpc) is 2.82. The highest BCUT2D eigenvalue weighted by Gasteiger charge is 2.44. The molecule has 3 aromatic rings. The van der Waals surface area contributed by atoms with Crippen LogP contribution in [0.15, 0.2) is 58.5 Å². The van der Waals surface area contributed by atoms with Gasteiger partial charge in [0.2, 0.25) is 11.1 Å². The number of aromatic amines is 1. The van der Waals surface area contributed by atoms with Crippen LogP contribution in [0.2, 0.25) is 0 Å². The van der Waals surface area contributed by atoms with Crippen molar-refractivity contribution in [1.82, 2.24) is 10.1 Å². The summed E-state index contributed by atoms with van der Waals surface area (Å²) in [6, 6.07) is 15.6. The fourth-order valence-corrected chi connectivity index (χ4v) is 5.17. The number of amides is 1. The molecule has 0 bridgehead atoms. The number of hydrogen-bond donors (Lipinski definition) is 1. The largest absolute Gasteiger partial charge is 0.378 e. The fraction of sp³-hybridized carbons (Fsp3) is 0.385. The van der Waals surface area contributed by atoms with E-state index in [1.165, 1.54) is 12.8 Å². The van der Waals surface area contributed by atoms with E-state index in [2.05, 4.69) is 11.9 Å². The van der Waals surface area contributed by atoms with Gasteiger partial charge >= 0.3 is 11.3 Å². The lowest BCUT2D eigenvalue weighted by molar-refractivity contribution is -0.763. The van der Waals surface area contributed by atoms with E-state index in [0.29, 0.717) is 22.1 Å². The zero-order chi connectivity index (χ0) is 24.2. The van der Waals surface area contributed by atoms with Gasteiger partial charge in [0, 0.05) is 43.1 Å². The number of nitrogens with zero attached hydrogens (tertiary/aromatic N) is 4. The lowest BCUT2D eigenvalue weighted by atomic mass is 10.0. The summed E-state index contributed by atoms with van der Waals surface area (Å²) in [5.41, 5.74) is 3.62. The van der Waals surface area contributed by atoms with Crippen LogP contribution in [0.25, 0.3) is 11.3 Å². The van der Waals surface area contributed by atoms with Gasteiger partial charge in [-0.1, -0.05) is 50.1 Å². The van der Waals surface area contributed by atoms with Crippen LogP contribution in [0.4, 0.5) is 11.4 Å². The maximum atomic E-state index is 13.3. The summed E-state index contributed by atoms with van der Waals surface area (Å²) in [4.78, 5) is 33.0. The highest BCUT2D eigenvalue weighted by atomic mass is 32.2. The van der Waals surface area contributed by atoms with Crippen molar-refractivity contribution in [3.05, 3.63) is 64.4 Å². The number of unbranched alkanes of at least 4 members (excludes halogenated alkanes) is 3. The zero-order valence-corrected chi connectivity index (χ0v) is 21.1. The van der Waals surface area contributed by atoms with Crippen molar-refractivity contribution >= 4 is 29.0 Å². The molecule has 1 amide bonds. The first-order valence-corrected chi connectivity index (χ1v) is 12.8. The molecule has 2 aromatic carbocycles. The van der Waals surface area contributed by atoms with E-state index in [-0.39, 0.29) is 11.5 Å². The van der Waals surface area contributed by atoms with Gasteiger partial charge in [-0.05, 0) is 47.5 Å². The van der Waals surface area contributed by atoms with Crippen molar-refractivity contribution in [2.45, 2.75) is 50.9 Å². The summed E-state index contributed by atoms with van der Waals surface area (Å²) in [5.74, 6) is 0.778. The first-order valence-electron chi connectivity index (χ1n) is 11.8. The molecule has 0 radical (unpaired) electrons. The van der Waals surface area contributed by atoms with Crippen LogP contribution in [-0.4, -0.2) is 35.8 Å². The molecule has 2 heterocycles. The fourth-order valence-electron chi connectivity index (χ4n) is 4.32. The molecule has 178 valence electrons. The van der Waals surface area contributed by atoms with E-state index in [0.717, 1.165) is 29.8 Å². The molecule has 0 aliphatic carbocycles. The molecule has 0 unspecified atom stereocenters. The first kappa shape index (κ1) is 24.0. The number of H-pyrrole nitrogens is 1.